The number of hydrogen-bond acceptors (Lipinski definition) is 3. The van der Waals surface area contributed by atoms with Crippen LogP contribution in [0.15, 0.2) is 0 Å². The van der Waals surface area contributed by atoms with Crippen molar-refractivity contribution < 1.29 is 19.4 Å². The molecule has 4 atom stereocenters. The summed E-state index contributed by atoms with van der Waals surface area (Å²) in [4.78, 5) is 22.4. The average Bonchev–Trinajstić information content (AvgIpc) is 2.34. The number of aliphatic carboxylic acids is 1. The van der Waals surface area contributed by atoms with E-state index in [-0.39, 0.29) is 18.6 Å². The molecular formula is C13H24N2O4. The molecule has 110 valence electrons. The lowest BCUT2D eigenvalue weighted by Crippen LogP contribution is -2.47. The fraction of sp³-hybridized carbons (Fsp3) is 0.846. The summed E-state index contributed by atoms with van der Waals surface area (Å²) in [6.45, 7) is 4.40. The zero-order chi connectivity index (χ0) is 14.4. The first-order valence-electron chi connectivity index (χ1n) is 6.74. The standard InChI is InChI=1S/C13H24N2O4/c1-8-4-5-10(6-9(8)2)15-13(18)14-7-11(19-3)12(16)17/h8-11H,4-7H2,1-3H3,(H,16,17)(H2,14,15,18). The van der Waals surface area contributed by atoms with Crippen LogP contribution in [0.3, 0.4) is 0 Å². The fourth-order valence-corrected chi connectivity index (χ4v) is 2.37. The third kappa shape index (κ3) is 5.06. The Balaban J connectivity index is 2.29. The maximum absolute atomic E-state index is 11.7. The summed E-state index contributed by atoms with van der Waals surface area (Å²) in [6, 6.07) is -0.146. The number of carbonyl (C=O) groups excluding carboxylic acids is 1. The van der Waals surface area contributed by atoms with E-state index in [0.717, 1.165) is 19.3 Å². The van der Waals surface area contributed by atoms with Gasteiger partial charge in [0.1, 0.15) is 0 Å². The Labute approximate surface area is 113 Å². The van der Waals surface area contributed by atoms with Gasteiger partial charge in [-0.3, -0.25) is 0 Å². The van der Waals surface area contributed by atoms with Crippen LogP contribution in [0.2, 0.25) is 0 Å². The Morgan fingerprint density at radius 3 is 2.53 bits per heavy atom. The van der Waals surface area contributed by atoms with Crippen molar-refractivity contribution in [1.82, 2.24) is 10.6 Å². The monoisotopic (exact) mass is 272 g/mol. The fourth-order valence-electron chi connectivity index (χ4n) is 2.37. The molecule has 6 heteroatoms. The predicted molar refractivity (Wildman–Crippen MR) is 70.9 cm³/mol. The number of ether oxygens (including phenoxy) is 1. The third-order valence-electron chi connectivity index (χ3n) is 3.94. The molecule has 0 saturated heterocycles. The Kier molecular flexibility index (Phi) is 6.08. The summed E-state index contributed by atoms with van der Waals surface area (Å²) in [5.41, 5.74) is 0. The van der Waals surface area contributed by atoms with Crippen LogP contribution in [0.25, 0.3) is 0 Å². The van der Waals surface area contributed by atoms with Gasteiger partial charge in [-0.15, -0.1) is 0 Å². The SMILES string of the molecule is COC(CNC(=O)NC1CCC(C)C(C)C1)C(=O)O. The highest BCUT2D eigenvalue weighted by molar-refractivity contribution is 5.77. The number of hydrogen-bond donors (Lipinski definition) is 3. The number of amides is 2. The Hall–Kier alpha value is -1.30. The summed E-state index contributed by atoms with van der Waals surface area (Å²) in [7, 11) is 1.31. The maximum atomic E-state index is 11.7. The number of carbonyl (C=O) groups is 2. The van der Waals surface area contributed by atoms with Gasteiger partial charge in [0.15, 0.2) is 6.10 Å². The minimum atomic E-state index is -1.08. The molecule has 3 N–H and O–H groups in total. The van der Waals surface area contributed by atoms with Crippen molar-refractivity contribution in [3.8, 4) is 0 Å². The van der Waals surface area contributed by atoms with E-state index < -0.39 is 12.1 Å². The molecule has 0 radical (unpaired) electrons. The van der Waals surface area contributed by atoms with E-state index in [1.807, 2.05) is 0 Å². The first-order chi connectivity index (χ1) is 8.93. The lowest BCUT2D eigenvalue weighted by molar-refractivity contribution is -0.147. The topological polar surface area (TPSA) is 87.7 Å². The molecule has 19 heavy (non-hydrogen) atoms. The first kappa shape index (κ1) is 15.8. The van der Waals surface area contributed by atoms with Crippen molar-refractivity contribution in [3.05, 3.63) is 0 Å². The molecule has 0 aromatic heterocycles. The van der Waals surface area contributed by atoms with Crippen LogP contribution in [-0.4, -0.2) is 42.9 Å². The van der Waals surface area contributed by atoms with Crippen LogP contribution in [0.5, 0.6) is 0 Å². The molecule has 1 fully saturated rings. The van der Waals surface area contributed by atoms with E-state index >= 15 is 0 Å². The molecule has 0 aliphatic heterocycles. The molecule has 0 heterocycles. The molecule has 6 nitrogen and oxygen atoms in total. The lowest BCUT2D eigenvalue weighted by atomic mass is 9.79. The van der Waals surface area contributed by atoms with Gasteiger partial charge in [0.25, 0.3) is 0 Å². The second-order valence-corrected chi connectivity index (χ2v) is 5.38. The zero-order valence-electron chi connectivity index (χ0n) is 11.8. The van der Waals surface area contributed by atoms with Crippen molar-refractivity contribution in [3.63, 3.8) is 0 Å². The second kappa shape index (κ2) is 7.33. The summed E-state index contributed by atoms with van der Waals surface area (Å²) in [6.07, 6.45) is 2.06. The summed E-state index contributed by atoms with van der Waals surface area (Å²) < 4.78 is 4.74. The molecule has 0 aromatic rings. The van der Waals surface area contributed by atoms with Gasteiger partial charge in [0.05, 0.1) is 6.54 Å². The Bertz CT molecular complexity index is 322. The smallest absolute Gasteiger partial charge is 0.334 e. The van der Waals surface area contributed by atoms with Crippen LogP contribution >= 0.6 is 0 Å². The number of urea groups is 1. The average molecular weight is 272 g/mol. The van der Waals surface area contributed by atoms with E-state index in [9.17, 15) is 9.59 Å². The highest BCUT2D eigenvalue weighted by Gasteiger charge is 2.26. The number of methoxy groups -OCH3 is 1. The number of nitrogens with one attached hydrogen (secondary N) is 2. The molecule has 2 amide bonds. The molecule has 1 aliphatic carbocycles. The van der Waals surface area contributed by atoms with Gasteiger partial charge in [0, 0.05) is 13.2 Å². The van der Waals surface area contributed by atoms with Crippen molar-refractivity contribution in [2.24, 2.45) is 11.8 Å². The number of carboxylic acid groups (broad SMARTS) is 1. The van der Waals surface area contributed by atoms with Crippen molar-refractivity contribution >= 4 is 12.0 Å². The number of carboxylic acids is 1. The molecule has 1 rings (SSSR count). The second-order valence-electron chi connectivity index (χ2n) is 5.38. The van der Waals surface area contributed by atoms with Crippen molar-refractivity contribution in [1.29, 1.82) is 0 Å². The quantitative estimate of drug-likeness (QED) is 0.702. The third-order valence-corrected chi connectivity index (χ3v) is 3.94. The van der Waals surface area contributed by atoms with Crippen LogP contribution in [-0.2, 0) is 9.53 Å². The van der Waals surface area contributed by atoms with Crippen LogP contribution in [0, 0.1) is 11.8 Å². The summed E-state index contributed by atoms with van der Waals surface area (Å²) >= 11 is 0. The van der Waals surface area contributed by atoms with Gasteiger partial charge < -0.3 is 20.5 Å². The largest absolute Gasteiger partial charge is 0.479 e. The normalized spacial score (nSPS) is 28.5. The van der Waals surface area contributed by atoms with Crippen LogP contribution < -0.4 is 10.6 Å². The lowest BCUT2D eigenvalue weighted by Gasteiger charge is -2.32. The van der Waals surface area contributed by atoms with E-state index in [2.05, 4.69) is 24.5 Å². The zero-order valence-corrected chi connectivity index (χ0v) is 11.8. The van der Waals surface area contributed by atoms with E-state index in [4.69, 9.17) is 9.84 Å². The van der Waals surface area contributed by atoms with Gasteiger partial charge in [-0.05, 0) is 31.1 Å². The molecule has 0 aromatic carbocycles. The number of rotatable bonds is 5. The van der Waals surface area contributed by atoms with E-state index in [0.29, 0.717) is 11.8 Å². The van der Waals surface area contributed by atoms with E-state index in [1.165, 1.54) is 7.11 Å². The molecule has 4 unspecified atom stereocenters. The highest BCUT2D eigenvalue weighted by atomic mass is 16.5. The van der Waals surface area contributed by atoms with Crippen LogP contribution in [0.1, 0.15) is 33.1 Å². The van der Waals surface area contributed by atoms with E-state index in [1.54, 1.807) is 0 Å². The first-order valence-corrected chi connectivity index (χ1v) is 6.74. The van der Waals surface area contributed by atoms with Gasteiger partial charge in [0.2, 0.25) is 0 Å². The van der Waals surface area contributed by atoms with Gasteiger partial charge in [-0.25, -0.2) is 9.59 Å². The van der Waals surface area contributed by atoms with Crippen molar-refractivity contribution in [2.45, 2.75) is 45.3 Å². The summed E-state index contributed by atoms with van der Waals surface area (Å²) in [5, 5.41) is 14.2. The molecule has 1 aliphatic rings. The van der Waals surface area contributed by atoms with Gasteiger partial charge in [-0.2, -0.15) is 0 Å². The minimum Gasteiger partial charge on any atom is -0.479 e. The minimum absolute atomic E-state index is 0.0314. The highest BCUT2D eigenvalue weighted by Crippen LogP contribution is 2.29. The molecule has 0 spiro atoms. The summed E-state index contributed by atoms with van der Waals surface area (Å²) in [5.74, 6) is 0.221. The predicted octanol–water partition coefficient (Wildman–Crippen LogP) is 1.21. The van der Waals surface area contributed by atoms with Gasteiger partial charge in [-0.1, -0.05) is 13.8 Å². The molecule has 0 bridgehead atoms. The van der Waals surface area contributed by atoms with Gasteiger partial charge >= 0.3 is 12.0 Å². The Morgan fingerprint density at radius 1 is 1.32 bits per heavy atom. The van der Waals surface area contributed by atoms with Crippen LogP contribution in [0.4, 0.5) is 4.79 Å². The maximum Gasteiger partial charge on any atom is 0.334 e. The molecular weight excluding hydrogens is 248 g/mol. The van der Waals surface area contributed by atoms with Crippen molar-refractivity contribution in [2.75, 3.05) is 13.7 Å². The molecule has 1 saturated carbocycles. The Morgan fingerprint density at radius 2 is 2.00 bits per heavy atom.